The highest BCUT2D eigenvalue weighted by Gasteiger charge is 2.09. The molecule has 0 bridgehead atoms. The lowest BCUT2D eigenvalue weighted by Crippen LogP contribution is -2.29. The molecule has 1 aliphatic rings. The Morgan fingerprint density at radius 2 is 1.77 bits per heavy atom. The van der Waals surface area contributed by atoms with Crippen LogP contribution >= 0.6 is 12.4 Å². The number of nitrogens with zero attached hydrogens (tertiary/aromatic N) is 1. The molecule has 6 heteroatoms. The first kappa shape index (κ1) is 19.2. The molecule has 1 fully saturated rings. The van der Waals surface area contributed by atoms with Crippen LogP contribution in [0.4, 0.5) is 0 Å². The van der Waals surface area contributed by atoms with Crippen LogP contribution < -0.4 is 5.14 Å². The van der Waals surface area contributed by atoms with E-state index in [1.54, 1.807) is 12.1 Å². The number of sulfonamides is 1. The normalized spacial score (nSPS) is 17.1. The molecule has 0 aliphatic carbocycles. The van der Waals surface area contributed by atoms with Gasteiger partial charge in [0.05, 0.1) is 4.90 Å². The van der Waals surface area contributed by atoms with E-state index in [-0.39, 0.29) is 17.3 Å². The second-order valence-corrected chi connectivity index (χ2v) is 7.34. The van der Waals surface area contributed by atoms with Crippen molar-refractivity contribution in [3.05, 3.63) is 41.5 Å². The minimum absolute atomic E-state index is 0. The van der Waals surface area contributed by atoms with Gasteiger partial charge in [-0.25, -0.2) is 13.6 Å². The lowest BCUT2D eigenvalue weighted by atomic mass is 10.1. The molecule has 22 heavy (non-hydrogen) atoms. The van der Waals surface area contributed by atoms with E-state index in [0.29, 0.717) is 0 Å². The lowest BCUT2D eigenvalue weighted by Gasteiger charge is -2.25. The van der Waals surface area contributed by atoms with Crippen LogP contribution in [-0.4, -0.2) is 33.0 Å². The number of benzene rings is 1. The van der Waals surface area contributed by atoms with Crippen molar-refractivity contribution in [2.24, 2.45) is 5.14 Å². The molecule has 1 heterocycles. The summed E-state index contributed by atoms with van der Waals surface area (Å²) in [6, 6.07) is 6.81. The van der Waals surface area contributed by atoms with E-state index in [0.717, 1.165) is 18.5 Å². The summed E-state index contributed by atoms with van der Waals surface area (Å²) in [5.41, 5.74) is 2.42. The molecule has 2 N–H and O–H groups in total. The highest BCUT2D eigenvalue weighted by molar-refractivity contribution is 7.89. The van der Waals surface area contributed by atoms with E-state index in [1.807, 2.05) is 12.1 Å². The molecular formula is C16H25ClN2O2S. The molecule has 2 rings (SSSR count). The number of hydrogen-bond donors (Lipinski definition) is 1. The van der Waals surface area contributed by atoms with E-state index in [9.17, 15) is 8.42 Å². The zero-order chi connectivity index (χ0) is 15.3. The van der Waals surface area contributed by atoms with Gasteiger partial charge in [0.1, 0.15) is 0 Å². The van der Waals surface area contributed by atoms with E-state index < -0.39 is 10.0 Å². The molecule has 0 amide bonds. The molecule has 124 valence electrons. The zero-order valence-corrected chi connectivity index (χ0v) is 14.6. The Labute approximate surface area is 139 Å². The standard InChI is InChI=1S/C16H24N2O2S.ClH/c1-14(9-12-18-10-3-2-4-11-18)13-15-5-7-16(8-6-15)21(17,19)20;/h5-9H,2-4,10-13H2,1H3,(H2,17,19,20);1H/b14-9+;. The largest absolute Gasteiger partial charge is 0.300 e. The van der Waals surface area contributed by atoms with Gasteiger partial charge < -0.3 is 0 Å². The van der Waals surface area contributed by atoms with Gasteiger partial charge in [-0.2, -0.15) is 0 Å². The summed E-state index contributed by atoms with van der Waals surface area (Å²) in [4.78, 5) is 2.65. The maximum absolute atomic E-state index is 11.2. The topological polar surface area (TPSA) is 63.4 Å². The van der Waals surface area contributed by atoms with Crippen molar-refractivity contribution >= 4 is 22.4 Å². The molecule has 0 spiro atoms. The third kappa shape index (κ3) is 6.08. The van der Waals surface area contributed by atoms with E-state index in [2.05, 4.69) is 17.9 Å². The Hall–Kier alpha value is -0.880. The Morgan fingerprint density at radius 3 is 2.32 bits per heavy atom. The fourth-order valence-corrected chi connectivity index (χ4v) is 3.13. The molecule has 0 saturated carbocycles. The summed E-state index contributed by atoms with van der Waals surface area (Å²) in [5, 5.41) is 5.09. The van der Waals surface area contributed by atoms with Crippen molar-refractivity contribution in [3.8, 4) is 0 Å². The molecule has 0 aromatic heterocycles. The number of halogens is 1. The van der Waals surface area contributed by atoms with Crippen LogP contribution in [0, 0.1) is 0 Å². The van der Waals surface area contributed by atoms with Gasteiger partial charge in [0.2, 0.25) is 10.0 Å². The van der Waals surface area contributed by atoms with Crippen LogP contribution in [0.5, 0.6) is 0 Å². The number of rotatable bonds is 5. The third-order valence-electron chi connectivity index (χ3n) is 3.88. The van der Waals surface area contributed by atoms with Crippen molar-refractivity contribution in [3.63, 3.8) is 0 Å². The molecule has 0 atom stereocenters. The number of nitrogens with two attached hydrogens (primary N) is 1. The minimum Gasteiger partial charge on any atom is -0.300 e. The van der Waals surface area contributed by atoms with Crippen LogP contribution in [0.15, 0.2) is 40.8 Å². The summed E-state index contributed by atoms with van der Waals surface area (Å²) in [6.45, 7) is 5.54. The first-order valence-electron chi connectivity index (χ1n) is 7.45. The van der Waals surface area contributed by atoms with Gasteiger partial charge in [0.25, 0.3) is 0 Å². The third-order valence-corrected chi connectivity index (χ3v) is 4.81. The molecule has 0 unspecified atom stereocenters. The van der Waals surface area contributed by atoms with Crippen molar-refractivity contribution in [2.75, 3.05) is 19.6 Å². The number of primary sulfonamides is 1. The monoisotopic (exact) mass is 344 g/mol. The fourth-order valence-electron chi connectivity index (χ4n) is 2.62. The van der Waals surface area contributed by atoms with Gasteiger partial charge in [0, 0.05) is 6.54 Å². The van der Waals surface area contributed by atoms with Crippen LogP contribution in [-0.2, 0) is 16.4 Å². The van der Waals surface area contributed by atoms with Crippen LogP contribution in [0.3, 0.4) is 0 Å². The molecule has 4 nitrogen and oxygen atoms in total. The summed E-state index contributed by atoms with van der Waals surface area (Å²) >= 11 is 0. The van der Waals surface area contributed by atoms with Gasteiger partial charge >= 0.3 is 0 Å². The number of piperidine rings is 1. The molecule has 1 aromatic carbocycles. The quantitative estimate of drug-likeness (QED) is 0.835. The number of allylic oxidation sites excluding steroid dienone is 1. The fraction of sp³-hybridized carbons (Fsp3) is 0.500. The highest BCUT2D eigenvalue weighted by Crippen LogP contribution is 2.13. The first-order chi connectivity index (χ1) is 9.95. The summed E-state index contributed by atoms with van der Waals surface area (Å²) < 4.78 is 22.4. The van der Waals surface area contributed by atoms with Gasteiger partial charge in [-0.1, -0.05) is 30.2 Å². The predicted molar refractivity (Wildman–Crippen MR) is 92.8 cm³/mol. The van der Waals surface area contributed by atoms with Crippen molar-refractivity contribution in [2.45, 2.75) is 37.5 Å². The average Bonchev–Trinajstić information content (AvgIpc) is 2.46. The lowest BCUT2D eigenvalue weighted by molar-refractivity contribution is 0.251. The summed E-state index contributed by atoms with van der Waals surface area (Å²) in [6.07, 6.45) is 7.09. The number of likely N-dealkylation sites (tertiary alicyclic amines) is 1. The van der Waals surface area contributed by atoms with Gasteiger partial charge in [-0.05, 0) is 57.0 Å². The SMILES string of the molecule is C/C(=C\CN1CCCCC1)Cc1ccc(S(N)(=O)=O)cc1.Cl. The Morgan fingerprint density at radius 1 is 1.18 bits per heavy atom. The van der Waals surface area contributed by atoms with E-state index >= 15 is 0 Å². The second-order valence-electron chi connectivity index (χ2n) is 5.78. The molecular weight excluding hydrogens is 320 g/mol. The van der Waals surface area contributed by atoms with Crippen LogP contribution in [0.1, 0.15) is 31.7 Å². The second kappa shape index (κ2) is 8.67. The number of hydrogen-bond acceptors (Lipinski definition) is 3. The maximum Gasteiger partial charge on any atom is 0.238 e. The van der Waals surface area contributed by atoms with Gasteiger partial charge in [-0.15, -0.1) is 12.4 Å². The van der Waals surface area contributed by atoms with Crippen LogP contribution in [0.2, 0.25) is 0 Å². The Kier molecular flexibility index (Phi) is 7.56. The zero-order valence-electron chi connectivity index (χ0n) is 13.0. The summed E-state index contributed by atoms with van der Waals surface area (Å²) in [7, 11) is -3.59. The molecule has 1 aliphatic heterocycles. The van der Waals surface area contributed by atoms with Gasteiger partial charge in [-0.3, -0.25) is 4.90 Å². The van der Waals surface area contributed by atoms with E-state index in [1.165, 1.54) is 37.9 Å². The van der Waals surface area contributed by atoms with Crippen molar-refractivity contribution < 1.29 is 8.42 Å². The highest BCUT2D eigenvalue weighted by atomic mass is 35.5. The van der Waals surface area contributed by atoms with E-state index in [4.69, 9.17) is 5.14 Å². The average molecular weight is 345 g/mol. The smallest absolute Gasteiger partial charge is 0.238 e. The first-order valence-corrected chi connectivity index (χ1v) is 8.99. The Balaban J connectivity index is 0.00000242. The summed E-state index contributed by atoms with van der Waals surface area (Å²) in [5.74, 6) is 0. The maximum atomic E-state index is 11.2. The molecule has 0 radical (unpaired) electrons. The van der Waals surface area contributed by atoms with Crippen molar-refractivity contribution in [1.29, 1.82) is 0 Å². The Bertz CT molecular complexity index is 591. The molecule has 1 aromatic rings. The minimum atomic E-state index is -3.59. The predicted octanol–water partition coefficient (Wildman–Crippen LogP) is 2.73. The molecule has 1 saturated heterocycles. The van der Waals surface area contributed by atoms with Gasteiger partial charge in [0.15, 0.2) is 0 Å². The van der Waals surface area contributed by atoms with Crippen LogP contribution in [0.25, 0.3) is 0 Å². The van der Waals surface area contributed by atoms with Crippen molar-refractivity contribution in [1.82, 2.24) is 4.90 Å².